The van der Waals surface area contributed by atoms with Gasteiger partial charge in [0.05, 0.1) is 11.6 Å². The van der Waals surface area contributed by atoms with Gasteiger partial charge in [0.1, 0.15) is 0 Å². The Balaban J connectivity index is 1.61. The van der Waals surface area contributed by atoms with Crippen molar-refractivity contribution in [2.75, 3.05) is 19.6 Å². The Labute approximate surface area is 119 Å². The number of rotatable bonds is 4. The van der Waals surface area contributed by atoms with Crippen LogP contribution in [0.15, 0.2) is 30.3 Å². The maximum absolute atomic E-state index is 9.74. The molecule has 1 aromatic carbocycles. The average molecular weight is 271 g/mol. The maximum Gasteiger partial charge on any atom is 0.0716 e. The van der Waals surface area contributed by atoms with Gasteiger partial charge in [0, 0.05) is 43.2 Å². The fourth-order valence-electron chi connectivity index (χ4n) is 2.72. The molecule has 0 amide bonds. The van der Waals surface area contributed by atoms with E-state index in [-0.39, 0.29) is 6.10 Å². The second kappa shape index (κ2) is 5.87. The van der Waals surface area contributed by atoms with Crippen LogP contribution in [0.25, 0.3) is 10.9 Å². The van der Waals surface area contributed by atoms with E-state index in [2.05, 4.69) is 39.9 Å². The number of aliphatic hydroxyl groups excluding tert-OH is 1. The number of benzene rings is 1. The third-order valence-corrected chi connectivity index (χ3v) is 3.93. The zero-order valence-electron chi connectivity index (χ0n) is 11.8. The number of aryl methyl sites for hydroxylation is 1. The van der Waals surface area contributed by atoms with Gasteiger partial charge in [0.25, 0.3) is 0 Å². The molecule has 0 saturated carbocycles. The summed E-state index contributed by atoms with van der Waals surface area (Å²) in [4.78, 5) is 4.51. The molecule has 4 nitrogen and oxygen atoms in total. The number of nitrogens with zero attached hydrogens (tertiary/aromatic N) is 1. The lowest BCUT2D eigenvalue weighted by Crippen LogP contribution is -2.30. The molecule has 0 aliphatic carbocycles. The van der Waals surface area contributed by atoms with Crippen molar-refractivity contribution >= 4 is 10.9 Å². The Bertz CT molecular complexity index is 599. The van der Waals surface area contributed by atoms with Crippen molar-refractivity contribution in [1.82, 2.24) is 15.6 Å². The highest BCUT2D eigenvalue weighted by molar-refractivity contribution is 5.79. The van der Waals surface area contributed by atoms with Gasteiger partial charge in [-0.05, 0) is 30.7 Å². The van der Waals surface area contributed by atoms with Gasteiger partial charge in [-0.2, -0.15) is 0 Å². The number of aromatic nitrogens is 1. The lowest BCUT2D eigenvalue weighted by Gasteiger charge is -2.14. The summed E-state index contributed by atoms with van der Waals surface area (Å²) in [5.74, 6) is 0.319. The number of hydrogen-bond donors (Lipinski definition) is 3. The van der Waals surface area contributed by atoms with E-state index in [4.69, 9.17) is 0 Å². The SMILES string of the molecule is Cc1ccc2cc(CNCC3CNCC3O)ccc2n1. The van der Waals surface area contributed by atoms with E-state index < -0.39 is 0 Å². The molecular formula is C16H21N3O. The van der Waals surface area contributed by atoms with Crippen LogP contribution in [0.3, 0.4) is 0 Å². The lowest BCUT2D eigenvalue weighted by molar-refractivity contribution is 0.146. The Morgan fingerprint density at radius 1 is 1.30 bits per heavy atom. The highest BCUT2D eigenvalue weighted by Crippen LogP contribution is 2.15. The molecule has 4 heteroatoms. The quantitative estimate of drug-likeness (QED) is 0.782. The Morgan fingerprint density at radius 3 is 3.00 bits per heavy atom. The average Bonchev–Trinajstić information content (AvgIpc) is 2.85. The minimum atomic E-state index is -0.216. The van der Waals surface area contributed by atoms with Crippen molar-refractivity contribution in [3.63, 3.8) is 0 Å². The summed E-state index contributed by atoms with van der Waals surface area (Å²) in [6.07, 6.45) is -0.216. The molecule has 1 saturated heterocycles. The Kier molecular flexibility index (Phi) is 3.96. The summed E-state index contributed by atoms with van der Waals surface area (Å²) in [5, 5.41) is 17.6. The molecule has 2 atom stereocenters. The molecule has 20 heavy (non-hydrogen) atoms. The lowest BCUT2D eigenvalue weighted by atomic mass is 10.1. The molecule has 0 bridgehead atoms. The summed E-state index contributed by atoms with van der Waals surface area (Å²) in [7, 11) is 0. The first-order chi connectivity index (χ1) is 9.72. The zero-order valence-corrected chi connectivity index (χ0v) is 11.8. The second-order valence-corrected chi connectivity index (χ2v) is 5.60. The molecule has 1 aliphatic rings. The van der Waals surface area contributed by atoms with Crippen molar-refractivity contribution in [3.8, 4) is 0 Å². The van der Waals surface area contributed by atoms with E-state index in [1.807, 2.05) is 13.0 Å². The van der Waals surface area contributed by atoms with Crippen molar-refractivity contribution in [2.24, 2.45) is 5.92 Å². The van der Waals surface area contributed by atoms with E-state index in [1.165, 1.54) is 10.9 Å². The Hall–Kier alpha value is -1.49. The van der Waals surface area contributed by atoms with Gasteiger partial charge < -0.3 is 15.7 Å². The molecule has 1 fully saturated rings. The first-order valence-electron chi connectivity index (χ1n) is 7.18. The van der Waals surface area contributed by atoms with E-state index in [0.29, 0.717) is 12.5 Å². The van der Waals surface area contributed by atoms with Crippen molar-refractivity contribution in [1.29, 1.82) is 0 Å². The van der Waals surface area contributed by atoms with Crippen LogP contribution in [-0.4, -0.2) is 35.8 Å². The molecule has 3 N–H and O–H groups in total. The molecule has 0 radical (unpaired) electrons. The van der Waals surface area contributed by atoms with Gasteiger partial charge in [-0.3, -0.25) is 4.98 Å². The standard InChI is InChI=1S/C16H21N3O/c1-11-2-4-13-6-12(3-5-15(13)19-11)7-17-8-14-9-18-10-16(14)20/h2-6,14,16-18,20H,7-10H2,1H3. The molecule has 3 rings (SSSR count). The van der Waals surface area contributed by atoms with Gasteiger partial charge >= 0.3 is 0 Å². The third kappa shape index (κ3) is 2.98. The van der Waals surface area contributed by atoms with Crippen LogP contribution in [0.1, 0.15) is 11.3 Å². The number of aliphatic hydroxyl groups is 1. The number of nitrogens with one attached hydrogen (secondary N) is 2. The summed E-state index contributed by atoms with van der Waals surface area (Å²) >= 11 is 0. The molecule has 2 aromatic rings. The van der Waals surface area contributed by atoms with Crippen LogP contribution in [0.4, 0.5) is 0 Å². The predicted octanol–water partition coefficient (Wildman–Crippen LogP) is 1.21. The van der Waals surface area contributed by atoms with Gasteiger partial charge in [0.15, 0.2) is 0 Å². The smallest absolute Gasteiger partial charge is 0.0716 e. The maximum atomic E-state index is 9.74. The summed E-state index contributed by atoms with van der Waals surface area (Å²) < 4.78 is 0. The largest absolute Gasteiger partial charge is 0.391 e. The molecule has 106 valence electrons. The van der Waals surface area contributed by atoms with E-state index >= 15 is 0 Å². The highest BCUT2D eigenvalue weighted by atomic mass is 16.3. The zero-order chi connectivity index (χ0) is 13.9. The van der Waals surface area contributed by atoms with Crippen LogP contribution in [0.2, 0.25) is 0 Å². The highest BCUT2D eigenvalue weighted by Gasteiger charge is 2.23. The predicted molar refractivity (Wildman–Crippen MR) is 80.6 cm³/mol. The van der Waals surface area contributed by atoms with Crippen LogP contribution >= 0.6 is 0 Å². The van der Waals surface area contributed by atoms with Crippen LogP contribution in [-0.2, 0) is 6.54 Å². The van der Waals surface area contributed by atoms with Crippen LogP contribution in [0, 0.1) is 12.8 Å². The monoisotopic (exact) mass is 271 g/mol. The Morgan fingerprint density at radius 2 is 2.20 bits per heavy atom. The fourth-order valence-corrected chi connectivity index (χ4v) is 2.72. The van der Waals surface area contributed by atoms with Gasteiger partial charge in [-0.25, -0.2) is 0 Å². The molecule has 2 heterocycles. The van der Waals surface area contributed by atoms with Crippen LogP contribution < -0.4 is 10.6 Å². The number of β-amino-alcohol motifs (C(OH)–C–C–N with tert-alkyl or cyclic N) is 1. The fraction of sp³-hybridized carbons (Fsp3) is 0.438. The molecule has 1 aliphatic heterocycles. The molecular weight excluding hydrogens is 250 g/mol. The van der Waals surface area contributed by atoms with Crippen LogP contribution in [0.5, 0.6) is 0 Å². The van der Waals surface area contributed by atoms with Gasteiger partial charge in [-0.1, -0.05) is 12.1 Å². The number of fused-ring (bicyclic) bond motifs is 1. The minimum absolute atomic E-state index is 0.216. The van der Waals surface area contributed by atoms with Crippen molar-refractivity contribution in [3.05, 3.63) is 41.6 Å². The number of pyridine rings is 1. The third-order valence-electron chi connectivity index (χ3n) is 3.93. The molecule has 1 aromatic heterocycles. The van der Waals surface area contributed by atoms with Gasteiger partial charge in [0.2, 0.25) is 0 Å². The van der Waals surface area contributed by atoms with E-state index in [1.54, 1.807) is 0 Å². The van der Waals surface area contributed by atoms with Crippen molar-refractivity contribution < 1.29 is 5.11 Å². The molecule has 0 spiro atoms. The first-order valence-corrected chi connectivity index (χ1v) is 7.18. The van der Waals surface area contributed by atoms with E-state index in [0.717, 1.165) is 30.8 Å². The normalized spacial score (nSPS) is 22.5. The first kappa shape index (κ1) is 13.5. The minimum Gasteiger partial charge on any atom is -0.391 e. The summed E-state index contributed by atoms with van der Waals surface area (Å²) in [5.41, 5.74) is 3.35. The van der Waals surface area contributed by atoms with Crippen molar-refractivity contribution in [2.45, 2.75) is 19.6 Å². The van der Waals surface area contributed by atoms with E-state index in [9.17, 15) is 5.11 Å². The van der Waals surface area contributed by atoms with Gasteiger partial charge in [-0.15, -0.1) is 0 Å². The molecule has 2 unspecified atom stereocenters. The summed E-state index contributed by atoms with van der Waals surface area (Å²) in [6.45, 7) is 5.30. The number of hydrogen-bond acceptors (Lipinski definition) is 4. The second-order valence-electron chi connectivity index (χ2n) is 5.60. The summed E-state index contributed by atoms with van der Waals surface area (Å²) in [6, 6.07) is 10.5. The topological polar surface area (TPSA) is 57.2 Å².